The second-order valence-electron chi connectivity index (χ2n) is 5.71. The zero-order valence-electron chi connectivity index (χ0n) is 13.0. The average molecular weight is 328 g/mol. The van der Waals surface area contributed by atoms with Crippen molar-refractivity contribution in [1.82, 2.24) is 4.90 Å². The lowest BCUT2D eigenvalue weighted by molar-refractivity contribution is -0.645. The molecule has 0 saturated carbocycles. The van der Waals surface area contributed by atoms with Crippen molar-refractivity contribution < 1.29 is 9.52 Å². The third-order valence-electron chi connectivity index (χ3n) is 3.99. The molecule has 120 valence electrons. The lowest BCUT2D eigenvalue weighted by Crippen LogP contribution is -2.35. The van der Waals surface area contributed by atoms with Crippen LogP contribution < -0.4 is 4.73 Å². The third kappa shape index (κ3) is 4.05. The Morgan fingerprint density at radius 1 is 1.13 bits per heavy atom. The molecule has 1 aromatic carbocycles. The van der Waals surface area contributed by atoms with Crippen LogP contribution >= 0.6 is 11.8 Å². The molecule has 2 aromatic rings. The number of aromatic nitrogens is 1. The molecule has 1 aromatic heterocycles. The minimum atomic E-state index is 0.121. The SMILES string of the molecule is O=C(c1cccc(CSc2cccc[n+]2[O-])c1)N1CCCCC1. The van der Waals surface area contributed by atoms with Gasteiger partial charge >= 0.3 is 0 Å². The fourth-order valence-electron chi connectivity index (χ4n) is 2.76. The molecule has 0 radical (unpaired) electrons. The van der Waals surface area contributed by atoms with Crippen molar-refractivity contribution in [1.29, 1.82) is 0 Å². The monoisotopic (exact) mass is 328 g/mol. The van der Waals surface area contributed by atoms with Crippen LogP contribution in [0.5, 0.6) is 0 Å². The normalized spacial score (nSPS) is 14.7. The molecule has 5 heteroatoms. The molecule has 1 saturated heterocycles. The Bertz CT molecular complexity index is 684. The molecule has 0 atom stereocenters. The van der Waals surface area contributed by atoms with Gasteiger partial charge in [0, 0.05) is 36.5 Å². The standard InChI is InChI=1S/C18H20N2O2S/c21-18(19-10-3-1-4-11-19)16-8-6-7-15(13-16)14-23-17-9-2-5-12-20(17)22/h2,5-9,12-13H,1,3-4,10-11,14H2. The van der Waals surface area contributed by atoms with Gasteiger partial charge in [0.15, 0.2) is 6.20 Å². The van der Waals surface area contributed by atoms with Crippen LogP contribution in [-0.4, -0.2) is 23.9 Å². The first kappa shape index (κ1) is 15.9. The molecule has 1 fully saturated rings. The Kier molecular flexibility index (Phi) is 5.18. The van der Waals surface area contributed by atoms with Crippen molar-refractivity contribution in [3.63, 3.8) is 0 Å². The summed E-state index contributed by atoms with van der Waals surface area (Å²) in [7, 11) is 0. The van der Waals surface area contributed by atoms with E-state index in [1.807, 2.05) is 35.2 Å². The molecule has 23 heavy (non-hydrogen) atoms. The molecule has 3 rings (SSSR count). The van der Waals surface area contributed by atoms with Crippen molar-refractivity contribution in [2.45, 2.75) is 30.0 Å². The van der Waals surface area contributed by atoms with Gasteiger partial charge in [-0.05, 0) is 43.0 Å². The number of carbonyl (C=O) groups excluding carboxylic acids is 1. The molecule has 0 N–H and O–H groups in total. The zero-order valence-corrected chi connectivity index (χ0v) is 13.8. The molecule has 1 aliphatic rings. The molecule has 2 heterocycles. The van der Waals surface area contributed by atoms with Gasteiger partial charge in [0.25, 0.3) is 10.9 Å². The van der Waals surface area contributed by atoms with Crippen LogP contribution in [-0.2, 0) is 5.75 Å². The lowest BCUT2D eigenvalue weighted by Gasteiger charge is -2.26. The maximum atomic E-state index is 12.5. The largest absolute Gasteiger partial charge is 0.618 e. The Balaban J connectivity index is 1.67. The molecule has 0 unspecified atom stereocenters. The van der Waals surface area contributed by atoms with Crippen molar-refractivity contribution in [2.24, 2.45) is 0 Å². The fourth-order valence-corrected chi connectivity index (χ4v) is 3.61. The van der Waals surface area contributed by atoms with E-state index in [0.717, 1.165) is 41.8 Å². The zero-order chi connectivity index (χ0) is 16.1. The third-order valence-corrected chi connectivity index (χ3v) is 5.08. The second-order valence-corrected chi connectivity index (χ2v) is 6.70. The number of hydrogen-bond donors (Lipinski definition) is 0. The fraction of sp³-hybridized carbons (Fsp3) is 0.333. The molecule has 1 amide bonds. The molecule has 0 aliphatic carbocycles. The van der Waals surface area contributed by atoms with E-state index in [0.29, 0.717) is 10.8 Å². The molecular weight excluding hydrogens is 308 g/mol. The van der Waals surface area contributed by atoms with E-state index >= 15 is 0 Å². The number of benzene rings is 1. The second kappa shape index (κ2) is 7.51. The Labute approximate surface area is 140 Å². The number of nitrogens with zero attached hydrogens (tertiary/aromatic N) is 2. The van der Waals surface area contributed by atoms with Crippen LogP contribution in [0.25, 0.3) is 0 Å². The predicted molar refractivity (Wildman–Crippen MR) is 91.2 cm³/mol. The van der Waals surface area contributed by atoms with Gasteiger partial charge in [-0.25, -0.2) is 0 Å². The van der Waals surface area contributed by atoms with Gasteiger partial charge < -0.3 is 10.1 Å². The van der Waals surface area contributed by atoms with E-state index in [2.05, 4.69) is 0 Å². The quantitative estimate of drug-likeness (QED) is 0.492. The maximum Gasteiger partial charge on any atom is 0.253 e. The number of hydrogen-bond acceptors (Lipinski definition) is 3. The van der Waals surface area contributed by atoms with Gasteiger partial charge in [0.05, 0.1) is 0 Å². The lowest BCUT2D eigenvalue weighted by atomic mass is 10.1. The van der Waals surface area contributed by atoms with E-state index in [9.17, 15) is 10.0 Å². The van der Waals surface area contributed by atoms with E-state index in [1.165, 1.54) is 24.4 Å². The van der Waals surface area contributed by atoms with Crippen molar-refractivity contribution in [3.05, 3.63) is 65.0 Å². The topological polar surface area (TPSA) is 47.2 Å². The number of thioether (sulfide) groups is 1. The van der Waals surface area contributed by atoms with Crippen LogP contribution in [0.2, 0.25) is 0 Å². The minimum absolute atomic E-state index is 0.121. The summed E-state index contributed by atoms with van der Waals surface area (Å²) in [5, 5.41) is 12.3. The summed E-state index contributed by atoms with van der Waals surface area (Å²) >= 11 is 1.48. The number of rotatable bonds is 4. The van der Waals surface area contributed by atoms with E-state index < -0.39 is 0 Å². The minimum Gasteiger partial charge on any atom is -0.618 e. The number of likely N-dealkylation sites (tertiary alicyclic amines) is 1. The van der Waals surface area contributed by atoms with Gasteiger partial charge in [0.1, 0.15) is 0 Å². The first-order valence-electron chi connectivity index (χ1n) is 7.93. The summed E-state index contributed by atoms with van der Waals surface area (Å²) in [4.78, 5) is 14.5. The number of pyridine rings is 1. The van der Waals surface area contributed by atoms with Gasteiger partial charge in [-0.1, -0.05) is 23.9 Å². The highest BCUT2D eigenvalue weighted by molar-refractivity contribution is 7.98. The maximum absolute atomic E-state index is 12.5. The number of amides is 1. The number of piperidine rings is 1. The van der Waals surface area contributed by atoms with Crippen molar-refractivity contribution in [2.75, 3.05) is 13.1 Å². The van der Waals surface area contributed by atoms with Gasteiger partial charge in [-0.2, -0.15) is 4.73 Å². The summed E-state index contributed by atoms with van der Waals surface area (Å²) in [5.74, 6) is 0.794. The Morgan fingerprint density at radius 2 is 1.96 bits per heavy atom. The Hall–Kier alpha value is -2.01. The summed E-state index contributed by atoms with van der Waals surface area (Å²) in [6, 6.07) is 13.1. The summed E-state index contributed by atoms with van der Waals surface area (Å²) in [6.45, 7) is 1.72. The van der Waals surface area contributed by atoms with Crippen LogP contribution in [0.15, 0.2) is 53.7 Å². The Morgan fingerprint density at radius 3 is 2.74 bits per heavy atom. The van der Waals surface area contributed by atoms with Crippen LogP contribution in [0.1, 0.15) is 35.2 Å². The number of carbonyl (C=O) groups is 1. The highest BCUT2D eigenvalue weighted by atomic mass is 32.2. The van der Waals surface area contributed by atoms with E-state index in [-0.39, 0.29) is 5.91 Å². The molecular formula is C18H20N2O2S. The molecule has 1 aliphatic heterocycles. The smallest absolute Gasteiger partial charge is 0.253 e. The van der Waals surface area contributed by atoms with Gasteiger partial charge in [0.2, 0.25) is 0 Å². The van der Waals surface area contributed by atoms with Gasteiger partial charge in [-0.15, -0.1) is 0 Å². The molecule has 4 nitrogen and oxygen atoms in total. The highest BCUT2D eigenvalue weighted by Gasteiger charge is 2.18. The summed E-state index contributed by atoms with van der Waals surface area (Å²) in [5.41, 5.74) is 1.80. The summed E-state index contributed by atoms with van der Waals surface area (Å²) < 4.78 is 0.868. The van der Waals surface area contributed by atoms with Crippen LogP contribution in [0.4, 0.5) is 0 Å². The van der Waals surface area contributed by atoms with Crippen LogP contribution in [0.3, 0.4) is 0 Å². The van der Waals surface area contributed by atoms with Gasteiger partial charge in [-0.3, -0.25) is 4.79 Å². The van der Waals surface area contributed by atoms with Crippen molar-refractivity contribution >= 4 is 17.7 Å². The van der Waals surface area contributed by atoms with E-state index in [1.54, 1.807) is 12.1 Å². The summed E-state index contributed by atoms with van der Waals surface area (Å²) in [6.07, 6.45) is 4.91. The van der Waals surface area contributed by atoms with Crippen molar-refractivity contribution in [3.8, 4) is 0 Å². The highest BCUT2D eigenvalue weighted by Crippen LogP contribution is 2.21. The first-order chi connectivity index (χ1) is 11.2. The van der Waals surface area contributed by atoms with E-state index in [4.69, 9.17) is 0 Å². The van der Waals surface area contributed by atoms with Crippen LogP contribution in [0, 0.1) is 5.21 Å². The molecule has 0 bridgehead atoms. The average Bonchev–Trinajstić information content (AvgIpc) is 2.61. The molecule has 0 spiro atoms. The predicted octanol–water partition coefficient (Wildman–Crippen LogP) is 3.24. The first-order valence-corrected chi connectivity index (χ1v) is 8.92.